The Morgan fingerprint density at radius 3 is 2.65 bits per heavy atom. The Morgan fingerprint density at radius 1 is 1.13 bits per heavy atom. The number of rotatable bonds is 2. The standard InChI is InChI=1S/C17H25N3O3/c1-13-2-3-14(23-13)12-19-6-4-16-15(19)5-7-20(16)17(21)18-8-10-22-11-9-18/h2-3,15-16H,4-12H2,1H3/t15-,16+/m0/s1. The fourth-order valence-electron chi connectivity index (χ4n) is 4.22. The third-order valence-corrected chi connectivity index (χ3v) is 5.37. The summed E-state index contributed by atoms with van der Waals surface area (Å²) in [5.74, 6) is 1.99. The van der Waals surface area contributed by atoms with Crippen molar-refractivity contribution in [3.8, 4) is 0 Å². The Balaban J connectivity index is 1.40. The molecule has 2 atom stereocenters. The van der Waals surface area contributed by atoms with Gasteiger partial charge < -0.3 is 19.0 Å². The van der Waals surface area contributed by atoms with Crippen molar-refractivity contribution in [1.82, 2.24) is 14.7 Å². The smallest absolute Gasteiger partial charge is 0.320 e. The van der Waals surface area contributed by atoms with E-state index in [9.17, 15) is 4.79 Å². The lowest BCUT2D eigenvalue weighted by molar-refractivity contribution is 0.0420. The van der Waals surface area contributed by atoms with Gasteiger partial charge in [0.25, 0.3) is 0 Å². The van der Waals surface area contributed by atoms with Crippen molar-refractivity contribution in [2.24, 2.45) is 0 Å². The van der Waals surface area contributed by atoms with Gasteiger partial charge in [-0.15, -0.1) is 0 Å². The fraction of sp³-hybridized carbons (Fsp3) is 0.706. The van der Waals surface area contributed by atoms with E-state index in [1.807, 2.05) is 17.9 Å². The molecule has 23 heavy (non-hydrogen) atoms. The highest BCUT2D eigenvalue weighted by molar-refractivity contribution is 5.75. The van der Waals surface area contributed by atoms with Crippen LogP contribution in [0.5, 0.6) is 0 Å². The molecular weight excluding hydrogens is 294 g/mol. The largest absolute Gasteiger partial charge is 0.465 e. The molecule has 3 fully saturated rings. The summed E-state index contributed by atoms with van der Waals surface area (Å²) in [6.07, 6.45) is 2.14. The zero-order valence-electron chi connectivity index (χ0n) is 13.7. The predicted octanol–water partition coefficient (Wildman–Crippen LogP) is 1.69. The molecule has 2 amide bonds. The van der Waals surface area contributed by atoms with Gasteiger partial charge in [0.2, 0.25) is 0 Å². The monoisotopic (exact) mass is 319 g/mol. The number of hydrogen-bond acceptors (Lipinski definition) is 4. The van der Waals surface area contributed by atoms with Gasteiger partial charge in [-0.3, -0.25) is 4.90 Å². The normalized spacial score (nSPS) is 28.4. The zero-order valence-corrected chi connectivity index (χ0v) is 13.7. The first kappa shape index (κ1) is 15.0. The van der Waals surface area contributed by atoms with E-state index in [0.29, 0.717) is 25.3 Å². The number of carbonyl (C=O) groups is 1. The highest BCUT2D eigenvalue weighted by Crippen LogP contribution is 2.33. The molecule has 6 heteroatoms. The predicted molar refractivity (Wildman–Crippen MR) is 85.2 cm³/mol. The Bertz CT molecular complexity index is 567. The molecule has 3 saturated heterocycles. The summed E-state index contributed by atoms with van der Waals surface area (Å²) in [5.41, 5.74) is 0. The number of urea groups is 1. The van der Waals surface area contributed by atoms with Gasteiger partial charge in [-0.2, -0.15) is 0 Å². The number of morpholine rings is 1. The molecule has 0 N–H and O–H groups in total. The first-order valence-corrected chi connectivity index (χ1v) is 8.65. The summed E-state index contributed by atoms with van der Waals surface area (Å²) < 4.78 is 11.1. The van der Waals surface area contributed by atoms with Crippen LogP contribution in [0.15, 0.2) is 16.5 Å². The molecule has 0 aliphatic carbocycles. The number of hydrogen-bond donors (Lipinski definition) is 0. The molecule has 1 aromatic heterocycles. The maximum absolute atomic E-state index is 12.8. The maximum Gasteiger partial charge on any atom is 0.320 e. The Labute approximate surface area is 137 Å². The van der Waals surface area contributed by atoms with E-state index in [-0.39, 0.29) is 6.03 Å². The molecule has 0 aromatic carbocycles. The highest BCUT2D eigenvalue weighted by Gasteiger charge is 2.45. The Kier molecular flexibility index (Phi) is 4.03. The van der Waals surface area contributed by atoms with E-state index in [1.165, 1.54) is 0 Å². The summed E-state index contributed by atoms with van der Waals surface area (Å²) in [6.45, 7) is 7.53. The minimum atomic E-state index is 0.205. The molecule has 6 nitrogen and oxygen atoms in total. The second kappa shape index (κ2) is 6.17. The molecule has 4 heterocycles. The van der Waals surface area contributed by atoms with Gasteiger partial charge >= 0.3 is 6.03 Å². The lowest BCUT2D eigenvalue weighted by atomic mass is 10.1. The third kappa shape index (κ3) is 2.85. The molecule has 0 spiro atoms. The SMILES string of the molecule is Cc1ccc(CN2CC[C@@H]3[C@@H]2CCN3C(=O)N2CCOCC2)o1. The van der Waals surface area contributed by atoms with Crippen molar-refractivity contribution in [2.45, 2.75) is 38.4 Å². The molecule has 3 aliphatic heterocycles. The zero-order chi connectivity index (χ0) is 15.8. The fourth-order valence-corrected chi connectivity index (χ4v) is 4.22. The van der Waals surface area contributed by atoms with Crippen molar-refractivity contribution in [3.05, 3.63) is 23.7 Å². The quantitative estimate of drug-likeness (QED) is 0.832. The Morgan fingerprint density at radius 2 is 1.91 bits per heavy atom. The second-order valence-electron chi connectivity index (χ2n) is 6.77. The molecule has 126 valence electrons. The summed E-state index contributed by atoms with van der Waals surface area (Å²) in [7, 11) is 0. The Hall–Kier alpha value is -1.53. The molecule has 0 unspecified atom stereocenters. The number of carbonyl (C=O) groups excluding carboxylic acids is 1. The molecule has 0 bridgehead atoms. The average molecular weight is 319 g/mol. The average Bonchev–Trinajstić information content (AvgIpc) is 3.26. The number of amides is 2. The lowest BCUT2D eigenvalue weighted by Crippen LogP contribution is -2.50. The van der Waals surface area contributed by atoms with Crippen molar-refractivity contribution in [3.63, 3.8) is 0 Å². The van der Waals surface area contributed by atoms with E-state index >= 15 is 0 Å². The maximum atomic E-state index is 12.8. The minimum Gasteiger partial charge on any atom is -0.465 e. The van der Waals surface area contributed by atoms with Gasteiger partial charge in [0.1, 0.15) is 11.5 Å². The van der Waals surface area contributed by atoms with Crippen LogP contribution in [-0.4, -0.2) is 72.2 Å². The van der Waals surface area contributed by atoms with Gasteiger partial charge in [-0.05, 0) is 31.9 Å². The summed E-state index contributed by atoms with van der Waals surface area (Å²) >= 11 is 0. The van der Waals surface area contributed by atoms with E-state index in [2.05, 4.69) is 15.9 Å². The summed E-state index contributed by atoms with van der Waals surface area (Å²) in [5, 5.41) is 0. The van der Waals surface area contributed by atoms with Gasteiger partial charge in [-0.1, -0.05) is 0 Å². The first-order valence-electron chi connectivity index (χ1n) is 8.65. The van der Waals surface area contributed by atoms with Crippen molar-refractivity contribution in [1.29, 1.82) is 0 Å². The molecule has 1 aromatic rings. The molecule has 4 rings (SSSR count). The molecule has 0 radical (unpaired) electrons. The van der Waals surface area contributed by atoms with Crippen LogP contribution in [0.3, 0.4) is 0 Å². The van der Waals surface area contributed by atoms with E-state index in [1.54, 1.807) is 0 Å². The van der Waals surface area contributed by atoms with E-state index in [0.717, 1.165) is 57.1 Å². The summed E-state index contributed by atoms with van der Waals surface area (Å²) in [6, 6.07) is 5.13. The lowest BCUT2D eigenvalue weighted by Gasteiger charge is -2.33. The van der Waals surface area contributed by atoms with Gasteiger partial charge in [-0.25, -0.2) is 4.79 Å². The number of nitrogens with zero attached hydrogens (tertiary/aromatic N) is 3. The van der Waals surface area contributed by atoms with Crippen LogP contribution in [0.1, 0.15) is 24.4 Å². The van der Waals surface area contributed by atoms with Gasteiger partial charge in [0.15, 0.2) is 0 Å². The van der Waals surface area contributed by atoms with Crippen LogP contribution in [0.2, 0.25) is 0 Å². The third-order valence-electron chi connectivity index (χ3n) is 5.37. The van der Waals surface area contributed by atoms with Crippen LogP contribution in [0, 0.1) is 6.92 Å². The van der Waals surface area contributed by atoms with Crippen molar-refractivity contribution in [2.75, 3.05) is 39.4 Å². The van der Waals surface area contributed by atoms with Crippen molar-refractivity contribution >= 4 is 6.03 Å². The number of aryl methyl sites for hydroxylation is 1. The van der Waals surface area contributed by atoms with Crippen LogP contribution in [0.4, 0.5) is 4.79 Å². The van der Waals surface area contributed by atoms with Gasteiger partial charge in [0, 0.05) is 32.2 Å². The van der Waals surface area contributed by atoms with Gasteiger partial charge in [0.05, 0.1) is 25.8 Å². The van der Waals surface area contributed by atoms with Crippen LogP contribution in [-0.2, 0) is 11.3 Å². The summed E-state index contributed by atoms with van der Waals surface area (Å²) in [4.78, 5) is 19.3. The second-order valence-corrected chi connectivity index (χ2v) is 6.77. The minimum absolute atomic E-state index is 0.205. The molecule has 3 aliphatic rings. The number of ether oxygens (including phenoxy) is 1. The van der Waals surface area contributed by atoms with E-state index in [4.69, 9.17) is 9.15 Å². The van der Waals surface area contributed by atoms with Crippen LogP contribution in [0.25, 0.3) is 0 Å². The molecule has 0 saturated carbocycles. The highest BCUT2D eigenvalue weighted by atomic mass is 16.5. The number of likely N-dealkylation sites (tertiary alicyclic amines) is 2. The number of fused-ring (bicyclic) bond motifs is 1. The molecular formula is C17H25N3O3. The van der Waals surface area contributed by atoms with E-state index < -0.39 is 0 Å². The van der Waals surface area contributed by atoms with Crippen LogP contribution >= 0.6 is 0 Å². The van der Waals surface area contributed by atoms with Crippen LogP contribution < -0.4 is 0 Å². The first-order chi connectivity index (χ1) is 11.2. The van der Waals surface area contributed by atoms with Crippen molar-refractivity contribution < 1.29 is 13.9 Å². The number of furan rings is 1. The topological polar surface area (TPSA) is 49.2 Å².